The molecule has 0 amide bonds. The first-order chi connectivity index (χ1) is 9.87. The van der Waals surface area contributed by atoms with Gasteiger partial charge in [0, 0.05) is 13.1 Å². The summed E-state index contributed by atoms with van der Waals surface area (Å²) in [6, 6.07) is 4.40. The Morgan fingerprint density at radius 3 is 2.38 bits per heavy atom. The number of rotatable bonds is 8. The molecule has 1 N–H and O–H groups in total. The summed E-state index contributed by atoms with van der Waals surface area (Å²) in [5, 5.41) is 3.13. The minimum Gasteiger partial charge on any atom is -0.360 e. The van der Waals surface area contributed by atoms with Gasteiger partial charge in [-0.15, -0.1) is 0 Å². The number of hydrogen-bond acceptors (Lipinski definition) is 2. The van der Waals surface area contributed by atoms with E-state index < -0.39 is 18.5 Å². The van der Waals surface area contributed by atoms with E-state index in [1.807, 2.05) is 6.92 Å². The van der Waals surface area contributed by atoms with Gasteiger partial charge in [0.1, 0.15) is 12.4 Å². The lowest BCUT2D eigenvalue weighted by atomic mass is 10.1. The molecule has 0 saturated heterocycles. The smallest absolute Gasteiger partial charge is 0.360 e. The molecule has 21 heavy (non-hydrogen) atoms. The molecule has 0 heterocycles. The van der Waals surface area contributed by atoms with Gasteiger partial charge in [0.05, 0.1) is 5.69 Å². The molecule has 0 bridgehead atoms. The molecular formula is C15H22F4N2. The average molecular weight is 306 g/mol. The first-order valence-corrected chi connectivity index (χ1v) is 7.18. The molecule has 2 nitrogen and oxygen atoms in total. The fourth-order valence-electron chi connectivity index (χ4n) is 2.10. The molecule has 0 atom stereocenters. The van der Waals surface area contributed by atoms with E-state index in [4.69, 9.17) is 0 Å². The van der Waals surface area contributed by atoms with Gasteiger partial charge in [-0.25, -0.2) is 4.39 Å². The van der Waals surface area contributed by atoms with Crippen LogP contribution in [0.5, 0.6) is 0 Å². The maximum atomic E-state index is 14.1. The van der Waals surface area contributed by atoms with Gasteiger partial charge < -0.3 is 10.2 Å². The zero-order chi connectivity index (χ0) is 15.9. The molecule has 6 heteroatoms. The highest BCUT2D eigenvalue weighted by atomic mass is 19.4. The van der Waals surface area contributed by atoms with E-state index in [0.29, 0.717) is 13.0 Å². The number of nitrogens with one attached hydrogen (secondary N) is 1. The van der Waals surface area contributed by atoms with E-state index in [1.165, 1.54) is 12.1 Å². The standard InChI is InChI=1S/C15H22F4N2/c1-3-7-20-10-12-5-6-14(13(16)9-12)21(8-4-2)11-15(17,18)19/h5-6,9,20H,3-4,7-8,10-11H2,1-2H3. The second-order valence-electron chi connectivity index (χ2n) is 5.00. The summed E-state index contributed by atoms with van der Waals surface area (Å²) in [5.74, 6) is -0.608. The molecule has 0 fully saturated rings. The summed E-state index contributed by atoms with van der Waals surface area (Å²) < 4.78 is 51.7. The van der Waals surface area contributed by atoms with Crippen LogP contribution < -0.4 is 10.2 Å². The van der Waals surface area contributed by atoms with Gasteiger partial charge in [-0.05, 0) is 37.1 Å². The van der Waals surface area contributed by atoms with Crippen LogP contribution in [0.15, 0.2) is 18.2 Å². The van der Waals surface area contributed by atoms with E-state index in [2.05, 4.69) is 5.32 Å². The van der Waals surface area contributed by atoms with E-state index in [1.54, 1.807) is 13.0 Å². The van der Waals surface area contributed by atoms with Gasteiger partial charge in [0.2, 0.25) is 0 Å². The van der Waals surface area contributed by atoms with Crippen LogP contribution in [-0.2, 0) is 6.54 Å². The van der Waals surface area contributed by atoms with Crippen LogP contribution in [0, 0.1) is 5.82 Å². The molecule has 0 aliphatic rings. The van der Waals surface area contributed by atoms with Crippen LogP contribution in [0.3, 0.4) is 0 Å². The lowest BCUT2D eigenvalue weighted by Gasteiger charge is -2.26. The Kier molecular flexibility index (Phi) is 6.95. The Morgan fingerprint density at radius 1 is 1.14 bits per heavy atom. The third-order valence-corrected chi connectivity index (χ3v) is 2.97. The second kappa shape index (κ2) is 8.22. The molecule has 0 aromatic heterocycles. The first kappa shape index (κ1) is 17.8. The van der Waals surface area contributed by atoms with Crippen molar-refractivity contribution in [2.24, 2.45) is 0 Å². The molecular weight excluding hydrogens is 284 g/mol. The van der Waals surface area contributed by atoms with Gasteiger partial charge in [0.15, 0.2) is 0 Å². The van der Waals surface area contributed by atoms with Crippen molar-refractivity contribution >= 4 is 5.69 Å². The molecule has 0 unspecified atom stereocenters. The Hall–Kier alpha value is -1.30. The Balaban J connectivity index is 2.84. The summed E-state index contributed by atoms with van der Waals surface area (Å²) in [6.45, 7) is 4.16. The second-order valence-corrected chi connectivity index (χ2v) is 5.00. The van der Waals surface area contributed by atoms with Crippen molar-refractivity contribution < 1.29 is 17.6 Å². The molecule has 0 radical (unpaired) electrons. The number of alkyl halides is 3. The zero-order valence-corrected chi connectivity index (χ0v) is 12.4. The summed E-state index contributed by atoms with van der Waals surface area (Å²) in [6.07, 6.45) is -2.85. The number of anilines is 1. The van der Waals surface area contributed by atoms with Crippen molar-refractivity contribution in [3.63, 3.8) is 0 Å². The zero-order valence-electron chi connectivity index (χ0n) is 12.4. The van der Waals surface area contributed by atoms with Gasteiger partial charge in [-0.2, -0.15) is 13.2 Å². The van der Waals surface area contributed by atoms with E-state index >= 15 is 0 Å². The minimum atomic E-state index is -4.34. The number of halogens is 4. The van der Waals surface area contributed by atoms with Crippen molar-refractivity contribution in [3.8, 4) is 0 Å². The van der Waals surface area contributed by atoms with E-state index in [9.17, 15) is 17.6 Å². The SMILES string of the molecule is CCCNCc1ccc(N(CCC)CC(F)(F)F)c(F)c1. The average Bonchev–Trinajstić information content (AvgIpc) is 2.37. The Labute approximate surface area is 123 Å². The van der Waals surface area contributed by atoms with Crippen LogP contribution in [0.2, 0.25) is 0 Å². The van der Waals surface area contributed by atoms with Crippen LogP contribution in [-0.4, -0.2) is 25.8 Å². The Bertz CT molecular complexity index is 432. The number of benzene rings is 1. The summed E-state index contributed by atoms with van der Waals surface area (Å²) >= 11 is 0. The van der Waals surface area contributed by atoms with Crippen LogP contribution >= 0.6 is 0 Å². The number of nitrogens with zero attached hydrogens (tertiary/aromatic N) is 1. The maximum absolute atomic E-state index is 14.1. The number of hydrogen-bond donors (Lipinski definition) is 1. The van der Waals surface area contributed by atoms with Crippen molar-refractivity contribution in [1.82, 2.24) is 5.32 Å². The van der Waals surface area contributed by atoms with Crippen LogP contribution in [0.1, 0.15) is 32.3 Å². The lowest BCUT2D eigenvalue weighted by Crippen LogP contribution is -2.35. The highest BCUT2D eigenvalue weighted by Crippen LogP contribution is 2.25. The summed E-state index contributed by atoms with van der Waals surface area (Å²) in [4.78, 5) is 1.04. The molecule has 1 aromatic rings. The monoisotopic (exact) mass is 306 g/mol. The topological polar surface area (TPSA) is 15.3 Å². The van der Waals surface area contributed by atoms with Crippen molar-refractivity contribution in [2.45, 2.75) is 39.4 Å². The molecule has 1 aromatic carbocycles. The van der Waals surface area contributed by atoms with Gasteiger partial charge in [-0.1, -0.05) is 19.9 Å². The van der Waals surface area contributed by atoms with Gasteiger partial charge in [-0.3, -0.25) is 0 Å². The lowest BCUT2D eigenvalue weighted by molar-refractivity contribution is -0.119. The maximum Gasteiger partial charge on any atom is 0.405 e. The molecule has 0 spiro atoms. The summed E-state index contributed by atoms with van der Waals surface area (Å²) in [5.41, 5.74) is 0.738. The Morgan fingerprint density at radius 2 is 1.86 bits per heavy atom. The third-order valence-electron chi connectivity index (χ3n) is 2.97. The van der Waals surface area contributed by atoms with E-state index in [-0.39, 0.29) is 12.2 Å². The largest absolute Gasteiger partial charge is 0.405 e. The molecule has 120 valence electrons. The molecule has 0 aliphatic carbocycles. The third kappa shape index (κ3) is 6.33. The normalized spacial score (nSPS) is 11.7. The van der Waals surface area contributed by atoms with Crippen molar-refractivity contribution in [2.75, 3.05) is 24.5 Å². The first-order valence-electron chi connectivity index (χ1n) is 7.18. The quantitative estimate of drug-likeness (QED) is 0.574. The van der Waals surface area contributed by atoms with Crippen LogP contribution in [0.4, 0.5) is 23.2 Å². The van der Waals surface area contributed by atoms with Crippen molar-refractivity contribution in [3.05, 3.63) is 29.6 Å². The predicted octanol–water partition coefficient (Wildman–Crippen LogP) is 4.10. The van der Waals surface area contributed by atoms with Crippen molar-refractivity contribution in [1.29, 1.82) is 0 Å². The highest BCUT2D eigenvalue weighted by molar-refractivity contribution is 5.49. The fraction of sp³-hybridized carbons (Fsp3) is 0.600. The fourth-order valence-corrected chi connectivity index (χ4v) is 2.10. The highest BCUT2D eigenvalue weighted by Gasteiger charge is 2.31. The minimum absolute atomic E-state index is 0.00779. The van der Waals surface area contributed by atoms with Gasteiger partial charge >= 0.3 is 6.18 Å². The molecule has 1 rings (SSSR count). The van der Waals surface area contributed by atoms with E-state index in [0.717, 1.165) is 23.4 Å². The van der Waals surface area contributed by atoms with Gasteiger partial charge in [0.25, 0.3) is 0 Å². The summed E-state index contributed by atoms with van der Waals surface area (Å²) in [7, 11) is 0. The molecule has 0 saturated carbocycles. The predicted molar refractivity (Wildman–Crippen MR) is 77.0 cm³/mol. The van der Waals surface area contributed by atoms with Crippen LogP contribution in [0.25, 0.3) is 0 Å². The molecule has 0 aliphatic heterocycles.